The highest BCUT2D eigenvalue weighted by Gasteiger charge is 2.46. The van der Waals surface area contributed by atoms with E-state index in [1.807, 2.05) is 6.07 Å². The van der Waals surface area contributed by atoms with E-state index in [0.29, 0.717) is 41.4 Å². The van der Waals surface area contributed by atoms with Gasteiger partial charge in [-0.05, 0) is 36.4 Å². The lowest BCUT2D eigenvalue weighted by atomic mass is 10.1. The Hall–Kier alpha value is -2.53. The maximum absolute atomic E-state index is 12.6. The molecule has 0 radical (unpaired) electrons. The second-order valence-electron chi connectivity index (χ2n) is 6.03. The molecule has 2 aliphatic rings. The van der Waals surface area contributed by atoms with E-state index in [4.69, 9.17) is 16.3 Å². The Bertz CT molecular complexity index is 821. The summed E-state index contributed by atoms with van der Waals surface area (Å²) >= 11 is 5.86. The molecule has 2 heterocycles. The number of para-hydroxylation sites is 1. The Morgan fingerprint density at radius 1 is 1.17 bits per heavy atom. The van der Waals surface area contributed by atoms with Gasteiger partial charge in [-0.2, -0.15) is 0 Å². The maximum Gasteiger partial charge on any atom is 0.258 e. The summed E-state index contributed by atoms with van der Waals surface area (Å²) in [5.41, 5.74) is 0.234. The largest absolute Gasteiger partial charge is 0.465 e. The number of rotatable bonds is 1. The van der Waals surface area contributed by atoms with E-state index >= 15 is 0 Å². The first-order chi connectivity index (χ1) is 11.6. The van der Waals surface area contributed by atoms with Crippen LogP contribution < -0.4 is 10.1 Å². The predicted molar refractivity (Wildman–Crippen MR) is 89.2 cm³/mol. The quantitative estimate of drug-likeness (QED) is 0.867. The predicted octanol–water partition coefficient (Wildman–Crippen LogP) is 2.70. The van der Waals surface area contributed by atoms with Gasteiger partial charge in [-0.3, -0.25) is 9.59 Å². The molecule has 1 N–H and O–H groups in total. The van der Waals surface area contributed by atoms with E-state index < -0.39 is 5.72 Å². The van der Waals surface area contributed by atoms with Gasteiger partial charge in [-0.1, -0.05) is 23.7 Å². The molecule has 1 saturated heterocycles. The molecule has 0 bridgehead atoms. The molecule has 2 aromatic rings. The molecule has 1 spiro atoms. The molecule has 4 rings (SSSR count). The van der Waals surface area contributed by atoms with Gasteiger partial charge in [0.05, 0.1) is 12.1 Å². The van der Waals surface area contributed by atoms with Crippen molar-refractivity contribution in [2.75, 3.05) is 13.1 Å². The number of nitrogens with zero attached hydrogens (tertiary/aromatic N) is 1. The second kappa shape index (κ2) is 5.53. The van der Waals surface area contributed by atoms with Crippen LogP contribution in [0.15, 0.2) is 48.5 Å². The van der Waals surface area contributed by atoms with Gasteiger partial charge in [0.25, 0.3) is 11.8 Å². The van der Waals surface area contributed by atoms with Crippen molar-refractivity contribution in [3.8, 4) is 5.75 Å². The number of amides is 2. The van der Waals surface area contributed by atoms with Gasteiger partial charge in [-0.15, -0.1) is 0 Å². The molecule has 0 aliphatic carbocycles. The van der Waals surface area contributed by atoms with Gasteiger partial charge >= 0.3 is 0 Å². The Morgan fingerprint density at radius 3 is 2.71 bits per heavy atom. The first kappa shape index (κ1) is 15.0. The summed E-state index contributed by atoms with van der Waals surface area (Å²) in [6.07, 6.45) is 0.548. The van der Waals surface area contributed by atoms with Crippen molar-refractivity contribution in [3.63, 3.8) is 0 Å². The minimum atomic E-state index is -0.854. The topological polar surface area (TPSA) is 58.6 Å². The summed E-state index contributed by atoms with van der Waals surface area (Å²) in [5, 5.41) is 3.50. The zero-order valence-corrected chi connectivity index (χ0v) is 13.5. The van der Waals surface area contributed by atoms with Crippen molar-refractivity contribution in [2.45, 2.75) is 12.1 Å². The minimum absolute atomic E-state index is 0.0970. The Balaban J connectivity index is 1.55. The third-order valence-electron chi connectivity index (χ3n) is 4.39. The van der Waals surface area contributed by atoms with Crippen molar-refractivity contribution in [3.05, 3.63) is 64.7 Å². The highest BCUT2D eigenvalue weighted by Crippen LogP contribution is 2.33. The molecule has 1 unspecified atom stereocenters. The van der Waals surface area contributed by atoms with Crippen LogP contribution in [-0.4, -0.2) is 35.5 Å². The summed E-state index contributed by atoms with van der Waals surface area (Å²) < 4.78 is 6.04. The summed E-state index contributed by atoms with van der Waals surface area (Å²) in [7, 11) is 0. The average molecular weight is 343 g/mol. The van der Waals surface area contributed by atoms with Gasteiger partial charge < -0.3 is 15.0 Å². The fraction of sp³-hybridized carbons (Fsp3) is 0.222. The number of fused-ring (bicyclic) bond motifs is 1. The Kier molecular flexibility index (Phi) is 3.46. The van der Waals surface area contributed by atoms with Crippen LogP contribution in [0.25, 0.3) is 0 Å². The molecule has 0 aromatic heterocycles. The first-order valence-electron chi connectivity index (χ1n) is 7.72. The molecule has 5 nitrogen and oxygen atoms in total. The summed E-state index contributed by atoms with van der Waals surface area (Å²) in [4.78, 5) is 26.6. The van der Waals surface area contributed by atoms with E-state index in [1.165, 1.54) is 0 Å². The van der Waals surface area contributed by atoms with Crippen LogP contribution in [0.2, 0.25) is 5.02 Å². The van der Waals surface area contributed by atoms with Crippen molar-refractivity contribution < 1.29 is 14.3 Å². The average Bonchev–Trinajstić information content (AvgIpc) is 2.98. The van der Waals surface area contributed by atoms with Gasteiger partial charge in [0.1, 0.15) is 5.75 Å². The lowest BCUT2D eigenvalue weighted by Crippen LogP contribution is -2.57. The van der Waals surface area contributed by atoms with Gasteiger partial charge in [-0.25, -0.2) is 0 Å². The minimum Gasteiger partial charge on any atom is -0.465 e. The van der Waals surface area contributed by atoms with Crippen LogP contribution >= 0.6 is 11.6 Å². The molecule has 2 aliphatic heterocycles. The monoisotopic (exact) mass is 342 g/mol. The molecule has 122 valence electrons. The number of nitrogens with one attached hydrogen (secondary N) is 1. The van der Waals surface area contributed by atoms with E-state index in [1.54, 1.807) is 47.4 Å². The van der Waals surface area contributed by atoms with Crippen molar-refractivity contribution in [1.29, 1.82) is 0 Å². The number of carbonyl (C=O) groups is 2. The van der Waals surface area contributed by atoms with E-state index in [-0.39, 0.29) is 11.8 Å². The molecule has 24 heavy (non-hydrogen) atoms. The molecular formula is C18H15ClN2O3. The molecule has 1 atom stereocenters. The molecular weight excluding hydrogens is 328 g/mol. The number of hydrogen-bond donors (Lipinski definition) is 1. The van der Waals surface area contributed by atoms with Gasteiger partial charge in [0.15, 0.2) is 0 Å². The smallest absolute Gasteiger partial charge is 0.258 e. The van der Waals surface area contributed by atoms with Crippen molar-refractivity contribution in [2.24, 2.45) is 0 Å². The van der Waals surface area contributed by atoms with Crippen LogP contribution in [0.4, 0.5) is 0 Å². The van der Waals surface area contributed by atoms with E-state index in [9.17, 15) is 9.59 Å². The summed E-state index contributed by atoms with van der Waals surface area (Å²) in [6, 6.07) is 13.9. The lowest BCUT2D eigenvalue weighted by molar-refractivity contribution is 0.0240. The van der Waals surface area contributed by atoms with Crippen molar-refractivity contribution >= 4 is 23.4 Å². The van der Waals surface area contributed by atoms with E-state index in [2.05, 4.69) is 5.32 Å². The number of carbonyl (C=O) groups excluding carboxylic acids is 2. The number of likely N-dealkylation sites (tertiary alicyclic amines) is 1. The van der Waals surface area contributed by atoms with Crippen LogP contribution in [0.1, 0.15) is 27.1 Å². The highest BCUT2D eigenvalue weighted by atomic mass is 35.5. The zero-order valence-electron chi connectivity index (χ0n) is 12.8. The van der Waals surface area contributed by atoms with Gasteiger partial charge in [0, 0.05) is 23.6 Å². The number of benzene rings is 2. The standard InChI is InChI=1S/C18H15ClN2O3/c19-13-7-5-12(6-8-13)17(23)21-10-9-18(11-21)20-16(22)14-3-1-2-4-15(14)24-18/h1-8H,9-11H2,(H,20,22). The van der Waals surface area contributed by atoms with Gasteiger partial charge in [0.2, 0.25) is 5.72 Å². The highest BCUT2D eigenvalue weighted by molar-refractivity contribution is 6.30. The van der Waals surface area contributed by atoms with Crippen LogP contribution in [0.3, 0.4) is 0 Å². The third kappa shape index (κ3) is 2.51. The number of ether oxygens (including phenoxy) is 1. The fourth-order valence-electron chi connectivity index (χ4n) is 3.17. The van der Waals surface area contributed by atoms with E-state index in [0.717, 1.165) is 0 Å². The first-order valence-corrected chi connectivity index (χ1v) is 8.10. The lowest BCUT2D eigenvalue weighted by Gasteiger charge is -2.35. The normalized spacial score (nSPS) is 22.0. The van der Waals surface area contributed by atoms with Crippen molar-refractivity contribution in [1.82, 2.24) is 10.2 Å². The van der Waals surface area contributed by atoms with Crippen LogP contribution in [0, 0.1) is 0 Å². The third-order valence-corrected chi connectivity index (χ3v) is 4.64. The summed E-state index contributed by atoms with van der Waals surface area (Å²) in [6.45, 7) is 0.832. The molecule has 2 aromatic carbocycles. The van der Waals surface area contributed by atoms with Crippen LogP contribution in [-0.2, 0) is 0 Å². The second-order valence-corrected chi connectivity index (χ2v) is 6.47. The molecule has 2 amide bonds. The molecule has 1 fully saturated rings. The molecule has 0 saturated carbocycles. The fourth-order valence-corrected chi connectivity index (χ4v) is 3.30. The Morgan fingerprint density at radius 2 is 1.92 bits per heavy atom. The molecule has 6 heteroatoms. The Labute approximate surface area is 144 Å². The zero-order chi connectivity index (χ0) is 16.7. The SMILES string of the molecule is O=C1NC2(CCN(C(=O)c3ccc(Cl)cc3)C2)Oc2ccccc21. The summed E-state index contributed by atoms with van der Waals surface area (Å²) in [5.74, 6) is 0.292. The maximum atomic E-state index is 12.6. The number of hydrogen-bond acceptors (Lipinski definition) is 3. The van der Waals surface area contributed by atoms with Crippen LogP contribution in [0.5, 0.6) is 5.75 Å². The number of halogens is 1.